The number of benzene rings is 1. The van der Waals surface area contributed by atoms with Crippen LogP contribution in [-0.2, 0) is 16.1 Å². The van der Waals surface area contributed by atoms with E-state index in [1.807, 2.05) is 51.1 Å². The summed E-state index contributed by atoms with van der Waals surface area (Å²) in [5, 5.41) is 2.78. The van der Waals surface area contributed by atoms with Crippen molar-refractivity contribution >= 4 is 12.2 Å². The average Bonchev–Trinajstić information content (AvgIpc) is 2.88. The molecule has 0 bridgehead atoms. The number of carbonyl (C=O) groups excluding carboxylic acids is 2. The molecule has 1 aliphatic rings. The van der Waals surface area contributed by atoms with Crippen LogP contribution in [0.3, 0.4) is 0 Å². The molecular weight excluding hydrogens is 358 g/mol. The number of nitrogens with zero attached hydrogens (tertiary/aromatic N) is 2. The molecule has 7 nitrogen and oxygen atoms in total. The Balaban J connectivity index is 1.63. The van der Waals surface area contributed by atoms with E-state index >= 15 is 0 Å². The van der Waals surface area contributed by atoms with Crippen molar-refractivity contribution in [3.8, 4) is 0 Å². The number of carbonyl (C=O) groups is 2. The van der Waals surface area contributed by atoms with Crippen LogP contribution in [0.15, 0.2) is 30.3 Å². The molecule has 0 spiro atoms. The Labute approximate surface area is 168 Å². The number of alkyl carbamates (subject to hydrolysis) is 1. The van der Waals surface area contributed by atoms with Crippen molar-refractivity contribution in [3.05, 3.63) is 35.9 Å². The molecule has 1 heterocycles. The minimum absolute atomic E-state index is 0.253. The van der Waals surface area contributed by atoms with E-state index in [9.17, 15) is 9.59 Å². The van der Waals surface area contributed by atoms with Crippen LogP contribution in [0.4, 0.5) is 9.59 Å². The van der Waals surface area contributed by atoms with Gasteiger partial charge in [0.1, 0.15) is 12.2 Å². The van der Waals surface area contributed by atoms with Gasteiger partial charge in [-0.15, -0.1) is 0 Å². The summed E-state index contributed by atoms with van der Waals surface area (Å²) in [6, 6.07) is 9.71. The van der Waals surface area contributed by atoms with E-state index in [0.29, 0.717) is 26.2 Å². The van der Waals surface area contributed by atoms with E-state index in [-0.39, 0.29) is 12.2 Å². The second-order valence-corrected chi connectivity index (χ2v) is 8.00. The maximum Gasteiger partial charge on any atom is 0.410 e. The van der Waals surface area contributed by atoms with Gasteiger partial charge in [-0.1, -0.05) is 30.3 Å². The van der Waals surface area contributed by atoms with Crippen LogP contribution >= 0.6 is 0 Å². The van der Waals surface area contributed by atoms with Crippen molar-refractivity contribution in [1.29, 1.82) is 0 Å². The first kappa shape index (κ1) is 22.0. The number of amides is 2. The fourth-order valence-electron chi connectivity index (χ4n) is 2.99. The number of nitrogens with one attached hydrogen (secondary N) is 1. The second-order valence-electron chi connectivity index (χ2n) is 8.00. The summed E-state index contributed by atoms with van der Waals surface area (Å²) < 4.78 is 10.7. The predicted octanol–water partition coefficient (Wildman–Crippen LogP) is 3.25. The first-order valence-electron chi connectivity index (χ1n) is 9.98. The third-order valence-electron chi connectivity index (χ3n) is 4.37. The van der Waals surface area contributed by atoms with Gasteiger partial charge in [-0.3, -0.25) is 0 Å². The van der Waals surface area contributed by atoms with Gasteiger partial charge >= 0.3 is 12.2 Å². The monoisotopic (exact) mass is 391 g/mol. The molecule has 0 radical (unpaired) electrons. The lowest BCUT2D eigenvalue weighted by atomic mass is 10.2. The molecule has 2 rings (SSSR count). The van der Waals surface area contributed by atoms with Crippen LogP contribution in [0, 0.1) is 0 Å². The third-order valence-corrected chi connectivity index (χ3v) is 4.37. The van der Waals surface area contributed by atoms with E-state index < -0.39 is 5.60 Å². The molecule has 0 atom stereocenters. The molecule has 28 heavy (non-hydrogen) atoms. The molecular formula is C21H33N3O4. The average molecular weight is 392 g/mol. The number of hydrogen-bond donors (Lipinski definition) is 1. The molecule has 2 amide bonds. The lowest BCUT2D eigenvalue weighted by Crippen LogP contribution is -2.37. The van der Waals surface area contributed by atoms with Crippen LogP contribution in [0.1, 0.15) is 39.2 Å². The fraction of sp³-hybridized carbons (Fsp3) is 0.619. The molecule has 0 saturated carbocycles. The van der Waals surface area contributed by atoms with Gasteiger partial charge in [0, 0.05) is 26.2 Å². The zero-order valence-electron chi connectivity index (χ0n) is 17.3. The van der Waals surface area contributed by atoms with Crippen molar-refractivity contribution in [2.24, 2.45) is 0 Å². The largest absolute Gasteiger partial charge is 0.445 e. The quantitative estimate of drug-likeness (QED) is 0.754. The molecule has 0 aromatic heterocycles. The van der Waals surface area contributed by atoms with Crippen molar-refractivity contribution < 1.29 is 19.1 Å². The summed E-state index contributed by atoms with van der Waals surface area (Å²) in [5.74, 6) is 0. The molecule has 7 heteroatoms. The van der Waals surface area contributed by atoms with Gasteiger partial charge in [0.2, 0.25) is 0 Å². The van der Waals surface area contributed by atoms with Gasteiger partial charge in [-0.2, -0.15) is 0 Å². The van der Waals surface area contributed by atoms with Gasteiger partial charge in [0.15, 0.2) is 0 Å². The zero-order chi connectivity index (χ0) is 20.4. The molecule has 1 aromatic carbocycles. The lowest BCUT2D eigenvalue weighted by Gasteiger charge is -2.22. The summed E-state index contributed by atoms with van der Waals surface area (Å²) >= 11 is 0. The number of hydrogen-bond acceptors (Lipinski definition) is 5. The molecule has 156 valence electrons. The van der Waals surface area contributed by atoms with Crippen LogP contribution < -0.4 is 5.32 Å². The molecule has 1 aliphatic heterocycles. The summed E-state index contributed by atoms with van der Waals surface area (Å²) in [7, 11) is 0. The van der Waals surface area contributed by atoms with Crippen molar-refractivity contribution in [3.63, 3.8) is 0 Å². The Hall–Kier alpha value is -2.28. The summed E-state index contributed by atoms with van der Waals surface area (Å²) in [6.45, 7) is 10.4. The summed E-state index contributed by atoms with van der Waals surface area (Å²) in [6.07, 6.45) is 1.13. The molecule has 0 aliphatic carbocycles. The van der Waals surface area contributed by atoms with Gasteiger partial charge in [-0.05, 0) is 52.3 Å². The van der Waals surface area contributed by atoms with E-state index in [0.717, 1.165) is 38.0 Å². The third kappa shape index (κ3) is 8.61. The van der Waals surface area contributed by atoms with Crippen LogP contribution in [0.5, 0.6) is 0 Å². The Bertz CT molecular complexity index is 616. The molecule has 0 unspecified atom stereocenters. The first-order chi connectivity index (χ1) is 13.3. The Morgan fingerprint density at radius 2 is 1.82 bits per heavy atom. The van der Waals surface area contributed by atoms with Crippen molar-refractivity contribution in [2.75, 3.05) is 39.3 Å². The van der Waals surface area contributed by atoms with Crippen LogP contribution in [-0.4, -0.2) is 66.9 Å². The number of rotatable bonds is 6. The van der Waals surface area contributed by atoms with Gasteiger partial charge < -0.3 is 24.6 Å². The van der Waals surface area contributed by atoms with E-state index in [1.165, 1.54) is 0 Å². The van der Waals surface area contributed by atoms with Crippen LogP contribution in [0.25, 0.3) is 0 Å². The van der Waals surface area contributed by atoms with E-state index in [4.69, 9.17) is 9.47 Å². The topological polar surface area (TPSA) is 71.1 Å². The molecule has 1 fully saturated rings. The van der Waals surface area contributed by atoms with Crippen LogP contribution in [0.2, 0.25) is 0 Å². The molecule has 1 aromatic rings. The maximum atomic E-state index is 12.3. The second kappa shape index (κ2) is 10.9. The minimum atomic E-state index is -0.479. The smallest absolute Gasteiger partial charge is 0.410 e. The Morgan fingerprint density at radius 1 is 1.07 bits per heavy atom. The number of ether oxygens (including phenoxy) is 2. The van der Waals surface area contributed by atoms with Crippen molar-refractivity contribution in [2.45, 2.75) is 45.8 Å². The first-order valence-corrected chi connectivity index (χ1v) is 9.98. The highest BCUT2D eigenvalue weighted by atomic mass is 16.6. The predicted molar refractivity (Wildman–Crippen MR) is 108 cm³/mol. The maximum absolute atomic E-state index is 12.3. The van der Waals surface area contributed by atoms with Crippen molar-refractivity contribution in [1.82, 2.24) is 15.1 Å². The van der Waals surface area contributed by atoms with Gasteiger partial charge in [0.25, 0.3) is 0 Å². The minimum Gasteiger partial charge on any atom is -0.445 e. The Morgan fingerprint density at radius 3 is 2.54 bits per heavy atom. The van der Waals surface area contributed by atoms with E-state index in [2.05, 4.69) is 10.2 Å². The van der Waals surface area contributed by atoms with Gasteiger partial charge in [-0.25, -0.2) is 9.59 Å². The summed E-state index contributed by atoms with van der Waals surface area (Å²) in [5.41, 5.74) is 0.512. The highest BCUT2D eigenvalue weighted by Gasteiger charge is 2.20. The Kier molecular flexibility index (Phi) is 8.57. The SMILES string of the molecule is CC(C)(C)OC(=O)NCCCN1CCCN(C(=O)OCc2ccccc2)CC1. The lowest BCUT2D eigenvalue weighted by molar-refractivity contribution is 0.0525. The molecule has 1 saturated heterocycles. The highest BCUT2D eigenvalue weighted by molar-refractivity contribution is 5.68. The van der Waals surface area contributed by atoms with Gasteiger partial charge in [0.05, 0.1) is 0 Å². The van der Waals surface area contributed by atoms with E-state index in [1.54, 1.807) is 4.90 Å². The molecule has 1 N–H and O–H groups in total. The highest BCUT2D eigenvalue weighted by Crippen LogP contribution is 2.09. The summed E-state index contributed by atoms with van der Waals surface area (Å²) in [4.78, 5) is 28.0. The standard InChI is InChI=1S/C21H33N3O4/c1-21(2,3)28-19(25)22-11-7-12-23-13-8-14-24(16-15-23)20(26)27-17-18-9-5-4-6-10-18/h4-6,9-10H,7-8,11-17H2,1-3H3,(H,22,25). The fourth-order valence-corrected chi connectivity index (χ4v) is 2.99. The normalized spacial score (nSPS) is 15.6. The zero-order valence-corrected chi connectivity index (χ0v) is 17.3.